The Bertz CT molecular complexity index is 453. The van der Waals surface area contributed by atoms with Crippen molar-refractivity contribution in [2.45, 2.75) is 13.5 Å². The Morgan fingerprint density at radius 3 is 3.00 bits per heavy atom. The highest BCUT2D eigenvalue weighted by Gasteiger charge is 2.00. The Hall–Kier alpha value is -1.42. The molecule has 0 fully saturated rings. The van der Waals surface area contributed by atoms with Gasteiger partial charge in [0.2, 0.25) is 5.95 Å². The molecule has 2 nitrogen and oxygen atoms in total. The number of halogens is 1. The van der Waals surface area contributed by atoms with E-state index in [-0.39, 0.29) is 0 Å². The van der Waals surface area contributed by atoms with Crippen molar-refractivity contribution in [2.24, 2.45) is 0 Å². The first kappa shape index (κ1) is 10.1. The second-order valence-electron chi connectivity index (χ2n) is 3.25. The zero-order chi connectivity index (χ0) is 10.7. The molecule has 0 saturated carbocycles. The van der Waals surface area contributed by atoms with Crippen LogP contribution in [0.1, 0.15) is 10.4 Å². The Kier molecular flexibility index (Phi) is 2.97. The van der Waals surface area contributed by atoms with E-state index in [0.29, 0.717) is 0 Å². The summed E-state index contributed by atoms with van der Waals surface area (Å²) in [5, 5.41) is 5.21. The molecule has 0 amide bonds. The molecule has 1 N–H and O–H groups in total. The topological polar surface area (TPSA) is 24.9 Å². The van der Waals surface area contributed by atoms with Crippen molar-refractivity contribution in [1.29, 1.82) is 0 Å². The molecular formula is C11H11FN2S. The summed E-state index contributed by atoms with van der Waals surface area (Å²) >= 11 is 1.70. The van der Waals surface area contributed by atoms with E-state index in [2.05, 4.69) is 28.7 Å². The quantitative estimate of drug-likeness (QED) is 0.807. The highest BCUT2D eigenvalue weighted by atomic mass is 32.1. The van der Waals surface area contributed by atoms with E-state index >= 15 is 0 Å². The summed E-state index contributed by atoms with van der Waals surface area (Å²) in [6.07, 6.45) is 1.46. The minimum Gasteiger partial charge on any atom is -0.380 e. The van der Waals surface area contributed by atoms with Crippen LogP contribution >= 0.6 is 11.3 Å². The van der Waals surface area contributed by atoms with Crippen molar-refractivity contribution in [1.82, 2.24) is 4.98 Å². The van der Waals surface area contributed by atoms with Gasteiger partial charge in [-0.05, 0) is 30.0 Å². The third kappa shape index (κ3) is 2.53. The van der Waals surface area contributed by atoms with Crippen molar-refractivity contribution in [3.8, 4) is 0 Å². The monoisotopic (exact) mass is 222 g/mol. The molecule has 15 heavy (non-hydrogen) atoms. The zero-order valence-electron chi connectivity index (χ0n) is 8.33. The summed E-state index contributed by atoms with van der Waals surface area (Å²) in [5.41, 5.74) is 2.03. The van der Waals surface area contributed by atoms with E-state index in [0.717, 1.165) is 12.2 Å². The molecule has 0 radical (unpaired) electrons. The minimum absolute atomic E-state index is 0.456. The van der Waals surface area contributed by atoms with E-state index in [9.17, 15) is 4.39 Å². The number of aromatic nitrogens is 1. The van der Waals surface area contributed by atoms with Gasteiger partial charge in [0, 0.05) is 29.4 Å². The molecule has 78 valence electrons. The number of aryl methyl sites for hydroxylation is 1. The lowest BCUT2D eigenvalue weighted by molar-refractivity contribution is 0.584. The molecule has 0 aromatic carbocycles. The predicted octanol–water partition coefficient (Wildman–Crippen LogP) is 3.20. The molecule has 2 aromatic heterocycles. The first-order valence-corrected chi connectivity index (χ1v) is 5.52. The number of rotatable bonds is 3. The van der Waals surface area contributed by atoms with Gasteiger partial charge >= 0.3 is 0 Å². The zero-order valence-corrected chi connectivity index (χ0v) is 9.14. The molecule has 0 aliphatic carbocycles. The highest BCUT2D eigenvalue weighted by Crippen LogP contribution is 2.17. The van der Waals surface area contributed by atoms with E-state index < -0.39 is 5.95 Å². The van der Waals surface area contributed by atoms with Gasteiger partial charge in [0.25, 0.3) is 0 Å². The number of hydrogen-bond donors (Lipinski definition) is 1. The van der Waals surface area contributed by atoms with Gasteiger partial charge in [-0.15, -0.1) is 11.3 Å². The predicted molar refractivity (Wildman–Crippen MR) is 60.6 cm³/mol. The largest absolute Gasteiger partial charge is 0.380 e. The molecule has 0 bridgehead atoms. The summed E-state index contributed by atoms with van der Waals surface area (Å²) in [6, 6.07) is 5.23. The summed E-state index contributed by atoms with van der Waals surface area (Å²) in [7, 11) is 0. The van der Waals surface area contributed by atoms with Gasteiger partial charge < -0.3 is 5.32 Å². The van der Waals surface area contributed by atoms with Crippen molar-refractivity contribution < 1.29 is 4.39 Å². The second kappa shape index (κ2) is 4.40. The molecule has 0 atom stereocenters. The van der Waals surface area contributed by atoms with Crippen LogP contribution in [0.15, 0.2) is 29.8 Å². The standard InChI is InChI=1S/C11H11FN2S/c1-8-3-5-15-10(8)7-14-9-2-4-13-11(12)6-9/h2-6H,7H2,1H3,(H,13,14). The third-order valence-electron chi connectivity index (χ3n) is 2.15. The van der Waals surface area contributed by atoms with Crippen LogP contribution in [0.4, 0.5) is 10.1 Å². The summed E-state index contributed by atoms with van der Waals surface area (Å²) < 4.78 is 12.8. The summed E-state index contributed by atoms with van der Waals surface area (Å²) in [6.45, 7) is 2.80. The van der Waals surface area contributed by atoms with Crippen molar-refractivity contribution in [2.75, 3.05) is 5.32 Å². The maximum absolute atomic E-state index is 12.8. The summed E-state index contributed by atoms with van der Waals surface area (Å²) in [5.74, 6) is -0.456. The fourth-order valence-electron chi connectivity index (χ4n) is 1.28. The molecule has 0 saturated heterocycles. The molecular weight excluding hydrogens is 211 g/mol. The van der Waals surface area contributed by atoms with Crippen LogP contribution in [-0.2, 0) is 6.54 Å². The third-order valence-corrected chi connectivity index (χ3v) is 3.17. The van der Waals surface area contributed by atoms with Gasteiger partial charge in [-0.3, -0.25) is 0 Å². The molecule has 2 heterocycles. The first-order chi connectivity index (χ1) is 7.25. The number of anilines is 1. The van der Waals surface area contributed by atoms with Gasteiger partial charge in [-0.2, -0.15) is 4.39 Å². The summed E-state index contributed by atoms with van der Waals surface area (Å²) in [4.78, 5) is 4.77. The minimum atomic E-state index is -0.456. The number of hydrogen-bond acceptors (Lipinski definition) is 3. The molecule has 4 heteroatoms. The fraction of sp³-hybridized carbons (Fsp3) is 0.182. The molecule has 2 rings (SSSR count). The van der Waals surface area contributed by atoms with Crippen LogP contribution < -0.4 is 5.32 Å². The Morgan fingerprint density at radius 1 is 1.47 bits per heavy atom. The van der Waals surface area contributed by atoms with Crippen LogP contribution in [0.5, 0.6) is 0 Å². The second-order valence-corrected chi connectivity index (χ2v) is 4.25. The van der Waals surface area contributed by atoms with E-state index in [1.54, 1.807) is 17.4 Å². The van der Waals surface area contributed by atoms with Crippen LogP contribution in [0.3, 0.4) is 0 Å². The number of thiophene rings is 1. The van der Waals surface area contributed by atoms with Crippen molar-refractivity contribution in [3.63, 3.8) is 0 Å². The Balaban J connectivity index is 2.02. The lowest BCUT2D eigenvalue weighted by Crippen LogP contribution is -1.99. The Labute approximate surface area is 91.8 Å². The van der Waals surface area contributed by atoms with Crippen molar-refractivity contribution in [3.05, 3.63) is 46.2 Å². The van der Waals surface area contributed by atoms with Crippen LogP contribution in [0, 0.1) is 12.9 Å². The van der Waals surface area contributed by atoms with E-state index in [1.807, 2.05) is 0 Å². The molecule has 0 aliphatic heterocycles. The average Bonchev–Trinajstić information content (AvgIpc) is 2.61. The maximum atomic E-state index is 12.8. The van der Waals surface area contributed by atoms with Crippen molar-refractivity contribution >= 4 is 17.0 Å². The molecule has 0 aliphatic rings. The van der Waals surface area contributed by atoms with Gasteiger partial charge in [-0.25, -0.2) is 4.98 Å². The first-order valence-electron chi connectivity index (χ1n) is 4.64. The highest BCUT2D eigenvalue weighted by molar-refractivity contribution is 7.10. The molecule has 0 spiro atoms. The number of pyridine rings is 1. The average molecular weight is 222 g/mol. The number of nitrogens with zero attached hydrogens (tertiary/aromatic N) is 1. The molecule has 2 aromatic rings. The van der Waals surface area contributed by atoms with Crippen LogP contribution in [-0.4, -0.2) is 4.98 Å². The van der Waals surface area contributed by atoms with Gasteiger partial charge in [0.15, 0.2) is 0 Å². The fourth-order valence-corrected chi connectivity index (χ4v) is 2.13. The lowest BCUT2D eigenvalue weighted by Gasteiger charge is -2.05. The lowest BCUT2D eigenvalue weighted by atomic mass is 10.3. The van der Waals surface area contributed by atoms with Gasteiger partial charge in [-0.1, -0.05) is 0 Å². The van der Waals surface area contributed by atoms with E-state index in [4.69, 9.17) is 0 Å². The smallest absolute Gasteiger partial charge is 0.214 e. The van der Waals surface area contributed by atoms with E-state index in [1.165, 1.54) is 22.7 Å². The normalized spacial score (nSPS) is 10.3. The van der Waals surface area contributed by atoms with Crippen LogP contribution in [0.25, 0.3) is 0 Å². The SMILES string of the molecule is Cc1ccsc1CNc1ccnc(F)c1. The van der Waals surface area contributed by atoms with Gasteiger partial charge in [0.05, 0.1) is 0 Å². The van der Waals surface area contributed by atoms with Gasteiger partial charge in [0.1, 0.15) is 0 Å². The Morgan fingerprint density at radius 2 is 2.33 bits per heavy atom. The van der Waals surface area contributed by atoms with Crippen LogP contribution in [0.2, 0.25) is 0 Å². The maximum Gasteiger partial charge on any atom is 0.214 e. The molecule has 0 unspecified atom stereocenters. The number of nitrogens with one attached hydrogen (secondary N) is 1.